The zero-order valence-electron chi connectivity index (χ0n) is 13.0. The molecule has 1 aliphatic heterocycles. The first-order valence-electron chi connectivity index (χ1n) is 7.95. The van der Waals surface area contributed by atoms with Crippen LogP contribution in [-0.2, 0) is 6.42 Å². The van der Waals surface area contributed by atoms with Gasteiger partial charge in [-0.15, -0.1) is 0 Å². The summed E-state index contributed by atoms with van der Waals surface area (Å²) in [6.07, 6.45) is 6.83. The third-order valence-corrected chi connectivity index (χ3v) is 4.34. The van der Waals surface area contributed by atoms with Gasteiger partial charge in [0.2, 0.25) is 0 Å². The van der Waals surface area contributed by atoms with Crippen LogP contribution in [0.5, 0.6) is 0 Å². The van der Waals surface area contributed by atoms with Crippen LogP contribution in [0.3, 0.4) is 0 Å². The van der Waals surface area contributed by atoms with Crippen molar-refractivity contribution in [3.8, 4) is 0 Å². The Morgan fingerprint density at radius 2 is 2.18 bits per heavy atom. The molecule has 1 aliphatic rings. The van der Waals surface area contributed by atoms with Gasteiger partial charge < -0.3 is 15.2 Å². The van der Waals surface area contributed by atoms with Crippen LogP contribution in [0.15, 0.2) is 30.6 Å². The highest BCUT2D eigenvalue weighted by atomic mass is 19.1. The molecule has 5 heteroatoms. The summed E-state index contributed by atoms with van der Waals surface area (Å²) in [7, 11) is 0. The summed E-state index contributed by atoms with van der Waals surface area (Å²) in [4.78, 5) is 9.72. The Morgan fingerprint density at radius 3 is 2.86 bits per heavy atom. The lowest BCUT2D eigenvalue weighted by atomic mass is 10.0. The van der Waals surface area contributed by atoms with E-state index in [-0.39, 0.29) is 5.82 Å². The van der Waals surface area contributed by atoms with Gasteiger partial charge >= 0.3 is 0 Å². The molecule has 1 aromatic carbocycles. The molecule has 4 nitrogen and oxygen atoms in total. The van der Waals surface area contributed by atoms with Crippen molar-refractivity contribution in [2.75, 3.05) is 24.5 Å². The molecule has 1 aromatic heterocycles. The summed E-state index contributed by atoms with van der Waals surface area (Å²) < 4.78 is 13.2. The van der Waals surface area contributed by atoms with Gasteiger partial charge in [-0.3, -0.25) is 0 Å². The number of halogens is 1. The number of nitrogens with one attached hydrogen (secondary N) is 2. The van der Waals surface area contributed by atoms with E-state index in [0.717, 1.165) is 56.0 Å². The van der Waals surface area contributed by atoms with E-state index in [1.54, 1.807) is 18.3 Å². The Morgan fingerprint density at radius 1 is 1.36 bits per heavy atom. The number of hydrogen-bond donors (Lipinski definition) is 2. The summed E-state index contributed by atoms with van der Waals surface area (Å²) >= 11 is 0. The average Bonchev–Trinajstić information content (AvgIpc) is 3.02. The standard InChI is InChI=1S/C17H23FN4/c1-13-12-14(18)2-3-16(13)22-10-5-15(6-11-22)19-7-4-17-20-8-9-21-17/h2-3,8-9,12,15,19H,4-7,10-11H2,1H3,(H,20,21). The number of aryl methyl sites for hydroxylation is 1. The average molecular weight is 302 g/mol. The van der Waals surface area contributed by atoms with Gasteiger partial charge in [-0.1, -0.05) is 0 Å². The Kier molecular flexibility index (Phi) is 4.73. The van der Waals surface area contributed by atoms with Crippen molar-refractivity contribution < 1.29 is 4.39 Å². The van der Waals surface area contributed by atoms with E-state index >= 15 is 0 Å². The maximum Gasteiger partial charge on any atom is 0.123 e. The van der Waals surface area contributed by atoms with Gasteiger partial charge in [0.15, 0.2) is 0 Å². The van der Waals surface area contributed by atoms with E-state index in [0.29, 0.717) is 6.04 Å². The highest BCUT2D eigenvalue weighted by Gasteiger charge is 2.20. The molecule has 0 unspecified atom stereocenters. The molecule has 1 fully saturated rings. The molecular formula is C17H23FN4. The van der Waals surface area contributed by atoms with Crippen LogP contribution in [0.1, 0.15) is 24.2 Å². The minimum atomic E-state index is -0.157. The maximum absolute atomic E-state index is 13.2. The molecule has 2 heterocycles. The highest BCUT2D eigenvalue weighted by molar-refractivity contribution is 5.53. The van der Waals surface area contributed by atoms with Crippen molar-refractivity contribution >= 4 is 5.69 Å². The third kappa shape index (κ3) is 3.65. The number of hydrogen-bond acceptors (Lipinski definition) is 3. The lowest BCUT2D eigenvalue weighted by Gasteiger charge is -2.35. The van der Waals surface area contributed by atoms with Gasteiger partial charge in [0.25, 0.3) is 0 Å². The minimum Gasteiger partial charge on any atom is -0.371 e. The molecule has 0 spiro atoms. The summed E-state index contributed by atoms with van der Waals surface area (Å²) in [6.45, 7) is 4.97. The Labute approximate surface area is 130 Å². The lowest BCUT2D eigenvalue weighted by molar-refractivity contribution is 0.416. The molecule has 0 bridgehead atoms. The second kappa shape index (κ2) is 6.92. The molecule has 2 aromatic rings. The van der Waals surface area contributed by atoms with Gasteiger partial charge in [0.1, 0.15) is 11.6 Å². The number of imidazole rings is 1. The fourth-order valence-corrected chi connectivity index (χ4v) is 3.13. The number of aromatic nitrogens is 2. The smallest absolute Gasteiger partial charge is 0.123 e. The number of H-pyrrole nitrogens is 1. The van der Waals surface area contributed by atoms with Gasteiger partial charge in [-0.25, -0.2) is 9.37 Å². The Bertz CT molecular complexity index is 589. The molecule has 0 atom stereocenters. The van der Waals surface area contributed by atoms with E-state index in [2.05, 4.69) is 20.2 Å². The monoisotopic (exact) mass is 302 g/mol. The second-order valence-electron chi connectivity index (χ2n) is 5.93. The molecule has 22 heavy (non-hydrogen) atoms. The normalized spacial score (nSPS) is 16.2. The van der Waals surface area contributed by atoms with E-state index in [4.69, 9.17) is 0 Å². The minimum absolute atomic E-state index is 0.157. The van der Waals surface area contributed by atoms with Crippen molar-refractivity contribution in [2.24, 2.45) is 0 Å². The summed E-state index contributed by atoms with van der Waals surface area (Å²) in [6, 6.07) is 5.63. The number of aromatic amines is 1. The van der Waals surface area contributed by atoms with Gasteiger partial charge in [-0.05, 0) is 43.5 Å². The molecular weight excluding hydrogens is 279 g/mol. The van der Waals surface area contributed by atoms with Crippen LogP contribution in [0.4, 0.5) is 10.1 Å². The molecule has 0 saturated carbocycles. The van der Waals surface area contributed by atoms with Crippen LogP contribution < -0.4 is 10.2 Å². The van der Waals surface area contributed by atoms with Crippen LogP contribution in [-0.4, -0.2) is 35.6 Å². The first kappa shape index (κ1) is 15.0. The van der Waals surface area contributed by atoms with Crippen LogP contribution in [0.2, 0.25) is 0 Å². The van der Waals surface area contributed by atoms with Crippen molar-refractivity contribution in [2.45, 2.75) is 32.2 Å². The first-order chi connectivity index (χ1) is 10.7. The van der Waals surface area contributed by atoms with E-state index in [1.165, 1.54) is 0 Å². The number of nitrogens with zero attached hydrogens (tertiary/aromatic N) is 2. The molecule has 0 aliphatic carbocycles. The fraction of sp³-hybridized carbons (Fsp3) is 0.471. The molecule has 118 valence electrons. The van der Waals surface area contributed by atoms with Crippen LogP contribution in [0, 0.1) is 12.7 Å². The number of anilines is 1. The predicted octanol–water partition coefficient (Wildman–Crippen LogP) is 2.66. The number of benzene rings is 1. The van der Waals surface area contributed by atoms with Crippen molar-refractivity contribution in [3.05, 3.63) is 47.8 Å². The van der Waals surface area contributed by atoms with Gasteiger partial charge in [-0.2, -0.15) is 0 Å². The largest absolute Gasteiger partial charge is 0.371 e. The summed E-state index contributed by atoms with van der Waals surface area (Å²) in [5.41, 5.74) is 2.18. The van der Waals surface area contributed by atoms with Crippen molar-refractivity contribution in [1.82, 2.24) is 15.3 Å². The zero-order valence-corrected chi connectivity index (χ0v) is 13.0. The second-order valence-corrected chi connectivity index (χ2v) is 5.93. The summed E-state index contributed by atoms with van der Waals surface area (Å²) in [5.74, 6) is 0.877. The quantitative estimate of drug-likeness (QED) is 0.892. The lowest BCUT2D eigenvalue weighted by Crippen LogP contribution is -2.43. The fourth-order valence-electron chi connectivity index (χ4n) is 3.13. The number of rotatable bonds is 5. The van der Waals surface area contributed by atoms with E-state index in [1.807, 2.05) is 19.2 Å². The Hall–Kier alpha value is -1.88. The van der Waals surface area contributed by atoms with Crippen LogP contribution >= 0.6 is 0 Å². The molecule has 3 rings (SSSR count). The molecule has 2 N–H and O–H groups in total. The molecule has 0 radical (unpaired) electrons. The van der Waals surface area contributed by atoms with Gasteiger partial charge in [0, 0.05) is 50.2 Å². The van der Waals surface area contributed by atoms with Gasteiger partial charge in [0.05, 0.1) is 0 Å². The van der Waals surface area contributed by atoms with Crippen LogP contribution in [0.25, 0.3) is 0 Å². The van der Waals surface area contributed by atoms with Crippen molar-refractivity contribution in [3.63, 3.8) is 0 Å². The topological polar surface area (TPSA) is 44.0 Å². The van der Waals surface area contributed by atoms with E-state index in [9.17, 15) is 4.39 Å². The van der Waals surface area contributed by atoms with Crippen molar-refractivity contribution in [1.29, 1.82) is 0 Å². The van der Waals surface area contributed by atoms with E-state index < -0.39 is 0 Å². The zero-order chi connectivity index (χ0) is 15.4. The number of piperidine rings is 1. The third-order valence-electron chi connectivity index (χ3n) is 4.34. The molecule has 0 amide bonds. The first-order valence-corrected chi connectivity index (χ1v) is 7.95. The maximum atomic E-state index is 13.2. The highest BCUT2D eigenvalue weighted by Crippen LogP contribution is 2.24. The summed E-state index contributed by atoms with van der Waals surface area (Å²) in [5, 5.41) is 3.61. The molecule has 1 saturated heterocycles. The predicted molar refractivity (Wildman–Crippen MR) is 86.7 cm³/mol. The Balaban J connectivity index is 1.46. The SMILES string of the molecule is Cc1cc(F)ccc1N1CCC(NCCc2ncc[nH]2)CC1.